The van der Waals surface area contributed by atoms with Crippen molar-refractivity contribution in [2.24, 2.45) is 0 Å². The molecule has 7 nitrogen and oxygen atoms in total. The first-order valence-electron chi connectivity index (χ1n) is 10.4. The van der Waals surface area contributed by atoms with Crippen LogP contribution < -0.4 is 14.5 Å². The molecule has 152 valence electrons. The lowest BCUT2D eigenvalue weighted by molar-refractivity contribution is 0.591. The molecule has 5 heterocycles. The largest absolute Gasteiger partial charge is 0.436 e. The number of nitrogens with zero attached hydrogens (tertiary/aromatic N) is 6. The van der Waals surface area contributed by atoms with Crippen LogP contribution in [0, 0.1) is 0 Å². The van der Waals surface area contributed by atoms with Crippen molar-refractivity contribution in [3.05, 3.63) is 72.3 Å². The van der Waals surface area contributed by atoms with E-state index in [1.807, 2.05) is 12.1 Å². The van der Waals surface area contributed by atoms with Crippen molar-refractivity contribution in [3.8, 4) is 0 Å². The zero-order valence-electron chi connectivity index (χ0n) is 17.6. The van der Waals surface area contributed by atoms with Gasteiger partial charge in [-0.3, -0.25) is 0 Å². The number of rotatable bonds is 2. The van der Waals surface area contributed by atoms with Crippen molar-refractivity contribution in [1.82, 2.24) is 15.0 Å². The lowest BCUT2D eigenvalue weighted by Crippen LogP contribution is -2.58. The Hall–Kier alpha value is -3.81. The fraction of sp³-hybridized carbons (Fsp3) is 0.174. The molecule has 0 radical (unpaired) electrons. The molecule has 0 spiro atoms. The van der Waals surface area contributed by atoms with Gasteiger partial charge in [-0.1, -0.05) is 23.7 Å². The average molecular weight is 408 g/mol. The van der Waals surface area contributed by atoms with Crippen LogP contribution in [0.25, 0.3) is 17.2 Å². The topological polar surface area (TPSA) is 61.5 Å². The van der Waals surface area contributed by atoms with Gasteiger partial charge < -0.3 is 18.9 Å². The normalized spacial score (nSPS) is 17.8. The van der Waals surface area contributed by atoms with E-state index in [9.17, 15) is 0 Å². The van der Waals surface area contributed by atoms with Gasteiger partial charge >= 0.3 is 6.98 Å². The molecule has 4 aromatic rings. The Bertz CT molecular complexity index is 1320. The van der Waals surface area contributed by atoms with Gasteiger partial charge in [0, 0.05) is 24.3 Å². The van der Waals surface area contributed by atoms with Gasteiger partial charge in [0.25, 0.3) is 0 Å². The van der Waals surface area contributed by atoms with Crippen LogP contribution in [0.4, 0.5) is 23.0 Å². The fourth-order valence-electron chi connectivity index (χ4n) is 4.91. The predicted molar refractivity (Wildman–Crippen MR) is 124 cm³/mol. The lowest BCUT2D eigenvalue weighted by atomic mass is 9.61. The van der Waals surface area contributed by atoms with Gasteiger partial charge in [0.1, 0.15) is 0 Å². The van der Waals surface area contributed by atoms with E-state index in [1.165, 1.54) is 5.47 Å². The van der Waals surface area contributed by atoms with Crippen LogP contribution in [0.3, 0.4) is 0 Å². The lowest BCUT2D eigenvalue weighted by Gasteiger charge is -2.40. The van der Waals surface area contributed by atoms with Crippen LogP contribution in [0.5, 0.6) is 0 Å². The Morgan fingerprint density at radius 3 is 2.52 bits per heavy atom. The number of benzene rings is 1. The smallest absolute Gasteiger partial charge is 0.409 e. The second-order valence-corrected chi connectivity index (χ2v) is 7.99. The number of furan rings is 1. The summed E-state index contributed by atoms with van der Waals surface area (Å²) in [5.41, 5.74) is 3.98. The second-order valence-electron chi connectivity index (χ2n) is 7.99. The molecule has 0 N–H and O–H groups in total. The van der Waals surface area contributed by atoms with Gasteiger partial charge in [-0.25, -0.2) is 15.0 Å². The molecular weight excluding hydrogens is 387 g/mol. The van der Waals surface area contributed by atoms with E-state index >= 15 is 0 Å². The first-order chi connectivity index (χ1) is 15.1. The highest BCUT2D eigenvalue weighted by Gasteiger charge is 2.47. The zero-order valence-corrected chi connectivity index (χ0v) is 17.6. The van der Waals surface area contributed by atoms with E-state index in [4.69, 9.17) is 14.4 Å². The summed E-state index contributed by atoms with van der Waals surface area (Å²) in [5, 5.41) is 1.01. The third kappa shape index (κ3) is 2.51. The van der Waals surface area contributed by atoms with Crippen LogP contribution in [-0.2, 0) is 0 Å². The van der Waals surface area contributed by atoms with Crippen molar-refractivity contribution in [2.45, 2.75) is 20.0 Å². The van der Waals surface area contributed by atoms with Gasteiger partial charge in [-0.2, -0.15) is 0 Å². The number of pyridine rings is 1. The van der Waals surface area contributed by atoms with E-state index in [0.29, 0.717) is 5.71 Å². The highest BCUT2D eigenvalue weighted by Crippen LogP contribution is 2.45. The van der Waals surface area contributed by atoms with Crippen molar-refractivity contribution in [1.29, 1.82) is 0 Å². The molecule has 3 aromatic heterocycles. The third-order valence-corrected chi connectivity index (χ3v) is 6.16. The summed E-state index contributed by atoms with van der Waals surface area (Å²) in [6.07, 6.45) is 7.42. The van der Waals surface area contributed by atoms with Crippen molar-refractivity contribution >= 4 is 47.2 Å². The summed E-state index contributed by atoms with van der Waals surface area (Å²) in [6.45, 7) is 4.30. The van der Waals surface area contributed by atoms with Crippen LogP contribution in [0.1, 0.15) is 19.6 Å². The molecule has 2 aliphatic rings. The number of allylic oxidation sites excluding steroid dienone is 1. The Morgan fingerprint density at radius 2 is 1.71 bits per heavy atom. The maximum Gasteiger partial charge on any atom is 0.409 e. The molecule has 0 aliphatic carbocycles. The van der Waals surface area contributed by atoms with E-state index < -0.39 is 0 Å². The number of fused-ring (bicyclic) bond motifs is 4. The number of aromatic nitrogens is 3. The summed E-state index contributed by atoms with van der Waals surface area (Å²) in [4.78, 5) is 20.7. The van der Waals surface area contributed by atoms with Gasteiger partial charge in [-0.05, 0) is 51.2 Å². The minimum atomic E-state index is -0.0346. The number of hydrogen-bond acceptors (Lipinski definition) is 7. The monoisotopic (exact) mass is 408 g/mol. The molecule has 1 atom stereocenters. The van der Waals surface area contributed by atoms with Crippen LogP contribution in [0.15, 0.2) is 70.9 Å². The Kier molecular flexibility index (Phi) is 3.83. The molecule has 0 unspecified atom stereocenters. The molecule has 2 aliphatic heterocycles. The molecule has 0 bridgehead atoms. The van der Waals surface area contributed by atoms with E-state index in [0.717, 1.165) is 34.2 Å². The Balaban J connectivity index is 1.50. The SMILES string of the molecule is CC1=Cc2oc3ncccc3c2N(C)B1N1c2nccnc2N(c2ccccc2)[C@@H]1C. The first-order valence-corrected chi connectivity index (χ1v) is 10.4. The van der Waals surface area contributed by atoms with Gasteiger partial charge in [0.05, 0.1) is 17.2 Å². The second kappa shape index (κ2) is 6.60. The highest BCUT2D eigenvalue weighted by molar-refractivity contribution is 6.76. The zero-order chi connectivity index (χ0) is 21.1. The van der Waals surface area contributed by atoms with Crippen LogP contribution in [-0.4, -0.2) is 35.1 Å². The van der Waals surface area contributed by atoms with Gasteiger partial charge in [-0.15, -0.1) is 0 Å². The van der Waals surface area contributed by atoms with Crippen molar-refractivity contribution in [3.63, 3.8) is 0 Å². The van der Waals surface area contributed by atoms with Crippen LogP contribution in [0.2, 0.25) is 0 Å². The first kappa shape index (κ1) is 18.0. The molecule has 0 fully saturated rings. The minimum Gasteiger partial charge on any atom is -0.436 e. The summed E-state index contributed by atoms with van der Waals surface area (Å²) in [7, 11) is 2.11. The highest BCUT2D eigenvalue weighted by atomic mass is 16.3. The van der Waals surface area contributed by atoms with Crippen molar-refractivity contribution < 1.29 is 4.42 Å². The Labute approximate surface area is 180 Å². The summed E-state index contributed by atoms with van der Waals surface area (Å²) in [6, 6.07) is 14.4. The maximum atomic E-state index is 6.04. The molecular formula is C23H21BN6O. The summed E-state index contributed by atoms with van der Waals surface area (Å²) in [5.74, 6) is 2.58. The number of para-hydroxylation sites is 1. The van der Waals surface area contributed by atoms with Gasteiger partial charge in [0.15, 0.2) is 17.4 Å². The Morgan fingerprint density at radius 1 is 0.935 bits per heavy atom. The standard InChI is InChI=1S/C23H21BN6O/c1-15-14-19-20(18-10-7-11-27-23(18)31-19)28(3)24(15)30-16(2)29(17-8-5-4-6-9-17)21-22(30)26-13-12-25-21/h4-14,16H,1-3H3/t16-/m0/s1. The molecule has 0 saturated heterocycles. The quantitative estimate of drug-likeness (QED) is 0.453. The maximum absolute atomic E-state index is 6.04. The van der Waals surface area contributed by atoms with E-state index in [2.05, 4.69) is 76.8 Å². The van der Waals surface area contributed by atoms with Crippen LogP contribution >= 0.6 is 0 Å². The van der Waals surface area contributed by atoms with Gasteiger partial charge in [0.2, 0.25) is 5.71 Å². The fourth-order valence-corrected chi connectivity index (χ4v) is 4.91. The number of anilines is 4. The van der Waals surface area contributed by atoms with E-state index in [-0.39, 0.29) is 13.1 Å². The van der Waals surface area contributed by atoms with Crippen molar-refractivity contribution in [2.75, 3.05) is 21.6 Å². The van der Waals surface area contributed by atoms with E-state index in [1.54, 1.807) is 18.6 Å². The molecule has 6 rings (SSSR count). The summed E-state index contributed by atoms with van der Waals surface area (Å²) < 4.78 is 6.04. The summed E-state index contributed by atoms with van der Waals surface area (Å²) >= 11 is 0. The molecule has 0 amide bonds. The third-order valence-electron chi connectivity index (χ3n) is 6.16. The molecule has 0 saturated carbocycles. The molecule has 1 aromatic carbocycles. The average Bonchev–Trinajstić information content (AvgIpc) is 3.29. The molecule has 8 heteroatoms. The predicted octanol–water partition coefficient (Wildman–Crippen LogP) is 4.50. The number of hydrogen-bond donors (Lipinski definition) is 0. The molecule has 31 heavy (non-hydrogen) atoms. The minimum absolute atomic E-state index is 0.0217.